The lowest BCUT2D eigenvalue weighted by molar-refractivity contribution is -0.137. The Labute approximate surface area is 143 Å². The number of aryl methyl sites for hydroxylation is 1. The summed E-state index contributed by atoms with van der Waals surface area (Å²) in [6.45, 7) is 13.5. The molecule has 1 aromatic heterocycles. The highest BCUT2D eigenvalue weighted by molar-refractivity contribution is 7.11. The van der Waals surface area contributed by atoms with Crippen LogP contribution in [0.25, 0.3) is 0 Å². The number of nitrogens with zero attached hydrogens (tertiary/aromatic N) is 2. The lowest BCUT2D eigenvalue weighted by atomic mass is 10.0. The first-order chi connectivity index (χ1) is 10.6. The molecule has 1 aromatic rings. The van der Waals surface area contributed by atoms with Gasteiger partial charge in [-0.05, 0) is 19.8 Å². The van der Waals surface area contributed by atoms with Crippen LogP contribution in [-0.4, -0.2) is 34.8 Å². The molecule has 1 N–H and O–H groups in total. The highest BCUT2D eigenvalue weighted by Gasteiger charge is 2.30. The Hall–Kier alpha value is -1.43. The van der Waals surface area contributed by atoms with Crippen LogP contribution >= 0.6 is 11.3 Å². The molecule has 23 heavy (non-hydrogen) atoms. The van der Waals surface area contributed by atoms with E-state index in [9.17, 15) is 9.59 Å². The second-order valence-electron chi connectivity index (χ2n) is 6.70. The van der Waals surface area contributed by atoms with E-state index < -0.39 is 6.04 Å². The van der Waals surface area contributed by atoms with Crippen LogP contribution in [0.4, 0.5) is 0 Å². The van der Waals surface area contributed by atoms with Gasteiger partial charge in [-0.1, -0.05) is 27.7 Å². The Kier molecular flexibility index (Phi) is 6.74. The molecule has 0 saturated carbocycles. The quantitative estimate of drug-likeness (QED) is 0.865. The average Bonchev–Trinajstić information content (AvgIpc) is 2.84. The smallest absolute Gasteiger partial charge is 0.245 e. The molecule has 0 aliphatic rings. The van der Waals surface area contributed by atoms with Gasteiger partial charge in [0, 0.05) is 24.8 Å². The second-order valence-corrected chi connectivity index (χ2v) is 7.77. The predicted molar refractivity (Wildman–Crippen MR) is 94.6 cm³/mol. The van der Waals surface area contributed by atoms with E-state index in [2.05, 4.69) is 24.1 Å². The lowest BCUT2D eigenvalue weighted by Gasteiger charge is -2.30. The number of thiazole rings is 1. The highest BCUT2D eigenvalue weighted by atomic mass is 32.1. The number of hydrogen-bond donors (Lipinski definition) is 1. The van der Waals surface area contributed by atoms with E-state index in [0.717, 1.165) is 15.6 Å². The van der Waals surface area contributed by atoms with Crippen molar-refractivity contribution >= 4 is 23.2 Å². The van der Waals surface area contributed by atoms with Crippen LogP contribution in [0.2, 0.25) is 0 Å². The predicted octanol–water partition coefficient (Wildman–Crippen LogP) is 3.26. The maximum absolute atomic E-state index is 12.8. The van der Waals surface area contributed by atoms with Gasteiger partial charge < -0.3 is 10.2 Å². The Balaban J connectivity index is 3.00. The minimum Gasteiger partial charge on any atom is -0.344 e. The van der Waals surface area contributed by atoms with Crippen molar-refractivity contribution in [3.8, 4) is 0 Å². The van der Waals surface area contributed by atoms with Crippen molar-refractivity contribution in [2.45, 2.75) is 66.5 Å². The van der Waals surface area contributed by atoms with E-state index >= 15 is 0 Å². The topological polar surface area (TPSA) is 62.3 Å². The normalized spacial score (nSPS) is 14.0. The van der Waals surface area contributed by atoms with E-state index in [-0.39, 0.29) is 23.8 Å². The average molecular weight is 340 g/mol. The molecule has 0 bridgehead atoms. The Morgan fingerprint density at radius 3 is 2.13 bits per heavy atom. The van der Waals surface area contributed by atoms with Gasteiger partial charge in [-0.25, -0.2) is 4.98 Å². The molecule has 6 heteroatoms. The fraction of sp³-hybridized carbons (Fsp3) is 0.706. The summed E-state index contributed by atoms with van der Waals surface area (Å²) in [6, 6.07) is -0.569. The van der Waals surface area contributed by atoms with E-state index in [0.29, 0.717) is 5.92 Å². The maximum atomic E-state index is 12.8. The standard InChI is InChI=1S/C17H29N3O2S/c1-9(2)14(19-13(7)21)17(22)20(8)12(6)15-11(5)18-16(23-15)10(3)4/h9-10,12,14H,1-8H3,(H,19,21)/t12-,14-/m1/s1. The third-order valence-corrected chi connectivity index (χ3v) is 5.57. The van der Waals surface area contributed by atoms with Gasteiger partial charge in [0.05, 0.1) is 16.7 Å². The largest absolute Gasteiger partial charge is 0.344 e. The molecular formula is C17H29N3O2S. The minimum absolute atomic E-state index is 0.0369. The monoisotopic (exact) mass is 339 g/mol. The zero-order valence-corrected chi connectivity index (χ0v) is 16.2. The van der Waals surface area contributed by atoms with Gasteiger partial charge >= 0.3 is 0 Å². The first-order valence-corrected chi connectivity index (χ1v) is 8.88. The van der Waals surface area contributed by atoms with Crippen LogP contribution in [0, 0.1) is 12.8 Å². The fourth-order valence-electron chi connectivity index (χ4n) is 2.38. The van der Waals surface area contributed by atoms with Crippen molar-refractivity contribution in [2.24, 2.45) is 5.92 Å². The van der Waals surface area contributed by atoms with Gasteiger partial charge in [0.2, 0.25) is 11.8 Å². The van der Waals surface area contributed by atoms with Crippen LogP contribution in [-0.2, 0) is 9.59 Å². The SMILES string of the molecule is CC(=O)N[C@@H](C(=O)N(C)[C@H](C)c1sc(C(C)C)nc1C)C(C)C. The highest BCUT2D eigenvalue weighted by Crippen LogP contribution is 2.32. The molecule has 1 heterocycles. The zero-order valence-electron chi connectivity index (χ0n) is 15.4. The summed E-state index contributed by atoms with van der Waals surface area (Å²) in [5.74, 6) is 0.161. The van der Waals surface area contributed by atoms with Crippen molar-refractivity contribution in [1.82, 2.24) is 15.2 Å². The molecule has 2 atom stereocenters. The van der Waals surface area contributed by atoms with Crippen molar-refractivity contribution in [1.29, 1.82) is 0 Å². The lowest BCUT2D eigenvalue weighted by Crippen LogP contribution is -2.50. The molecule has 0 unspecified atom stereocenters. The Morgan fingerprint density at radius 2 is 1.74 bits per heavy atom. The van der Waals surface area contributed by atoms with Crippen molar-refractivity contribution in [3.63, 3.8) is 0 Å². The summed E-state index contributed by atoms with van der Waals surface area (Å²) in [7, 11) is 1.79. The molecule has 2 amide bonds. The van der Waals surface area contributed by atoms with Crippen LogP contribution in [0.5, 0.6) is 0 Å². The van der Waals surface area contributed by atoms with Crippen molar-refractivity contribution < 1.29 is 9.59 Å². The number of nitrogens with one attached hydrogen (secondary N) is 1. The number of rotatable bonds is 6. The summed E-state index contributed by atoms with van der Waals surface area (Å²) in [4.78, 5) is 31.6. The summed E-state index contributed by atoms with van der Waals surface area (Å²) in [5.41, 5.74) is 0.978. The van der Waals surface area contributed by atoms with Crippen LogP contribution in [0.1, 0.15) is 69.1 Å². The number of carbonyl (C=O) groups is 2. The van der Waals surface area contributed by atoms with Gasteiger partial charge in [0.15, 0.2) is 0 Å². The van der Waals surface area contributed by atoms with Gasteiger partial charge in [0.25, 0.3) is 0 Å². The minimum atomic E-state index is -0.502. The van der Waals surface area contributed by atoms with Crippen LogP contribution in [0.15, 0.2) is 0 Å². The maximum Gasteiger partial charge on any atom is 0.245 e. The number of amides is 2. The fourth-order valence-corrected chi connectivity index (χ4v) is 3.55. The number of likely N-dealkylation sites (N-methyl/N-ethyl adjacent to an activating group) is 1. The first-order valence-electron chi connectivity index (χ1n) is 8.07. The molecule has 5 nitrogen and oxygen atoms in total. The molecular weight excluding hydrogens is 310 g/mol. The molecule has 0 aliphatic carbocycles. The summed E-state index contributed by atoms with van der Waals surface area (Å²) >= 11 is 1.66. The molecule has 0 radical (unpaired) electrons. The van der Waals surface area contributed by atoms with Crippen LogP contribution in [0.3, 0.4) is 0 Å². The van der Waals surface area contributed by atoms with E-state index in [1.165, 1.54) is 6.92 Å². The summed E-state index contributed by atoms with van der Waals surface area (Å²) in [6.07, 6.45) is 0. The molecule has 0 aliphatic heterocycles. The van der Waals surface area contributed by atoms with Gasteiger partial charge in [0.1, 0.15) is 6.04 Å². The summed E-state index contributed by atoms with van der Waals surface area (Å²) < 4.78 is 0. The third kappa shape index (κ3) is 4.77. The van der Waals surface area contributed by atoms with Crippen LogP contribution < -0.4 is 5.32 Å². The Bertz CT molecular complexity index is 566. The van der Waals surface area contributed by atoms with E-state index in [1.807, 2.05) is 27.7 Å². The van der Waals surface area contributed by atoms with Gasteiger partial charge in [-0.15, -0.1) is 11.3 Å². The number of hydrogen-bond acceptors (Lipinski definition) is 4. The Morgan fingerprint density at radius 1 is 1.17 bits per heavy atom. The summed E-state index contributed by atoms with van der Waals surface area (Å²) in [5, 5.41) is 3.85. The second kappa shape index (κ2) is 7.90. The van der Waals surface area contributed by atoms with Crippen molar-refractivity contribution in [3.05, 3.63) is 15.6 Å². The molecule has 0 spiro atoms. The van der Waals surface area contributed by atoms with Gasteiger partial charge in [-0.2, -0.15) is 0 Å². The molecule has 0 saturated heterocycles. The van der Waals surface area contributed by atoms with Gasteiger partial charge in [-0.3, -0.25) is 9.59 Å². The number of carbonyl (C=O) groups excluding carboxylic acids is 2. The first kappa shape index (κ1) is 19.6. The van der Waals surface area contributed by atoms with E-state index in [4.69, 9.17) is 0 Å². The third-order valence-electron chi connectivity index (χ3n) is 3.94. The number of aromatic nitrogens is 1. The zero-order chi connectivity index (χ0) is 17.9. The molecule has 1 rings (SSSR count). The molecule has 0 fully saturated rings. The van der Waals surface area contributed by atoms with E-state index in [1.54, 1.807) is 23.3 Å². The van der Waals surface area contributed by atoms with Crippen molar-refractivity contribution in [2.75, 3.05) is 7.05 Å². The molecule has 0 aromatic carbocycles. The molecule has 130 valence electrons.